The molecule has 0 spiro atoms. The Labute approximate surface area is 160 Å². The fourth-order valence-corrected chi connectivity index (χ4v) is 2.39. The van der Waals surface area contributed by atoms with Crippen LogP contribution in [0.2, 0.25) is 0 Å². The van der Waals surface area contributed by atoms with Crippen molar-refractivity contribution in [1.82, 2.24) is 20.4 Å². The molecule has 0 atom stereocenters. The zero-order valence-corrected chi connectivity index (χ0v) is 14.9. The number of carbonyl (C=O) groups excluding carboxylic acids is 1. The summed E-state index contributed by atoms with van der Waals surface area (Å²) in [6.07, 6.45) is 4.98. The molecule has 1 amide bonds. The van der Waals surface area contributed by atoms with Crippen LogP contribution in [0, 0.1) is 10.1 Å². The Morgan fingerprint density at radius 3 is 2.39 bits per heavy atom. The van der Waals surface area contributed by atoms with E-state index in [0.717, 1.165) is 18.3 Å². The number of aryl methyl sites for hydroxylation is 1. The van der Waals surface area contributed by atoms with Crippen molar-refractivity contribution in [2.75, 3.05) is 10.7 Å². The lowest BCUT2D eigenvalue weighted by Crippen LogP contribution is -2.30. The molecule has 0 saturated heterocycles. The van der Waals surface area contributed by atoms with Crippen molar-refractivity contribution < 1.29 is 9.72 Å². The minimum Gasteiger partial charge on any atom is -0.334 e. The lowest BCUT2D eigenvalue weighted by molar-refractivity contribution is -0.383. The molecule has 0 unspecified atom stereocenters. The SMILES string of the molecule is CCc1ccc(Nc2ncnc(NNC(=O)c3ccncc3)c2[N+](=O)[O-])cc1. The summed E-state index contributed by atoms with van der Waals surface area (Å²) in [6.45, 7) is 2.04. The molecule has 3 rings (SSSR count). The number of aromatic nitrogens is 3. The van der Waals surface area contributed by atoms with Crippen molar-refractivity contribution in [2.24, 2.45) is 0 Å². The van der Waals surface area contributed by atoms with Crippen LogP contribution < -0.4 is 16.2 Å². The fourth-order valence-electron chi connectivity index (χ4n) is 2.39. The molecule has 3 aromatic rings. The monoisotopic (exact) mass is 379 g/mol. The average molecular weight is 379 g/mol. The second kappa shape index (κ2) is 8.54. The van der Waals surface area contributed by atoms with Gasteiger partial charge in [-0.1, -0.05) is 19.1 Å². The number of amides is 1. The van der Waals surface area contributed by atoms with Crippen molar-refractivity contribution in [1.29, 1.82) is 0 Å². The number of benzene rings is 1. The predicted octanol–water partition coefficient (Wildman–Crippen LogP) is 2.84. The highest BCUT2D eigenvalue weighted by molar-refractivity contribution is 5.94. The highest BCUT2D eigenvalue weighted by atomic mass is 16.6. The van der Waals surface area contributed by atoms with E-state index in [4.69, 9.17) is 0 Å². The van der Waals surface area contributed by atoms with Crippen LogP contribution in [0.3, 0.4) is 0 Å². The molecule has 28 heavy (non-hydrogen) atoms. The molecule has 2 heterocycles. The van der Waals surface area contributed by atoms with Gasteiger partial charge in [0.15, 0.2) is 0 Å². The second-order valence-corrected chi connectivity index (χ2v) is 5.67. The number of hydrogen-bond acceptors (Lipinski definition) is 8. The van der Waals surface area contributed by atoms with Crippen LogP contribution in [0.1, 0.15) is 22.8 Å². The van der Waals surface area contributed by atoms with Crippen molar-refractivity contribution in [3.05, 3.63) is 76.4 Å². The van der Waals surface area contributed by atoms with E-state index in [0.29, 0.717) is 11.3 Å². The number of anilines is 3. The van der Waals surface area contributed by atoms with E-state index in [1.54, 1.807) is 0 Å². The van der Waals surface area contributed by atoms with Gasteiger partial charge in [-0.2, -0.15) is 0 Å². The Balaban J connectivity index is 1.80. The molecule has 0 saturated carbocycles. The van der Waals surface area contributed by atoms with E-state index in [2.05, 4.69) is 31.1 Å². The van der Waals surface area contributed by atoms with Gasteiger partial charge in [0.1, 0.15) is 6.33 Å². The first-order valence-corrected chi connectivity index (χ1v) is 8.40. The summed E-state index contributed by atoms with van der Waals surface area (Å²) in [5.41, 5.74) is 6.60. The lowest BCUT2D eigenvalue weighted by Gasteiger charge is -2.11. The van der Waals surface area contributed by atoms with Crippen molar-refractivity contribution in [2.45, 2.75) is 13.3 Å². The van der Waals surface area contributed by atoms with E-state index in [9.17, 15) is 14.9 Å². The van der Waals surface area contributed by atoms with Gasteiger partial charge in [0.05, 0.1) is 4.92 Å². The summed E-state index contributed by atoms with van der Waals surface area (Å²) in [7, 11) is 0. The smallest absolute Gasteiger partial charge is 0.334 e. The van der Waals surface area contributed by atoms with Gasteiger partial charge in [-0.3, -0.25) is 30.7 Å². The standard InChI is InChI=1S/C18H17N7O3/c1-2-12-3-5-14(6-4-12)22-16-15(25(27)28)17(21-11-20-16)23-24-18(26)13-7-9-19-10-8-13/h3-11H,2H2,1H3,(H,24,26)(H2,20,21,22,23). The van der Waals surface area contributed by atoms with Gasteiger partial charge < -0.3 is 5.32 Å². The minimum absolute atomic E-state index is 0.00454. The maximum Gasteiger partial charge on any atom is 0.355 e. The molecule has 0 aliphatic rings. The van der Waals surface area contributed by atoms with Crippen LogP contribution >= 0.6 is 0 Å². The first-order valence-electron chi connectivity index (χ1n) is 8.40. The Bertz CT molecular complexity index is 978. The Morgan fingerprint density at radius 2 is 1.75 bits per heavy atom. The number of carbonyl (C=O) groups is 1. The Morgan fingerprint density at radius 1 is 1.07 bits per heavy atom. The normalized spacial score (nSPS) is 10.2. The molecule has 10 nitrogen and oxygen atoms in total. The molecule has 142 valence electrons. The molecule has 0 aliphatic heterocycles. The predicted molar refractivity (Wildman–Crippen MR) is 103 cm³/mol. The van der Waals surface area contributed by atoms with E-state index < -0.39 is 16.5 Å². The molecule has 3 N–H and O–H groups in total. The summed E-state index contributed by atoms with van der Waals surface area (Å²) in [4.78, 5) is 34.7. The molecule has 2 aromatic heterocycles. The molecular formula is C18H17N7O3. The minimum atomic E-state index is -0.621. The maximum absolute atomic E-state index is 12.1. The van der Waals surface area contributed by atoms with Crippen LogP contribution in [0.15, 0.2) is 55.1 Å². The van der Waals surface area contributed by atoms with Crippen LogP contribution in [-0.2, 0) is 6.42 Å². The largest absolute Gasteiger partial charge is 0.355 e. The third-order valence-electron chi connectivity index (χ3n) is 3.87. The molecule has 0 aliphatic carbocycles. The molecule has 0 bridgehead atoms. The maximum atomic E-state index is 12.1. The van der Waals surface area contributed by atoms with Crippen molar-refractivity contribution in [3.8, 4) is 0 Å². The number of pyridine rings is 1. The van der Waals surface area contributed by atoms with Crippen LogP contribution in [0.5, 0.6) is 0 Å². The lowest BCUT2D eigenvalue weighted by atomic mass is 10.1. The number of nitro groups is 1. The summed E-state index contributed by atoms with van der Waals surface area (Å²) >= 11 is 0. The summed E-state index contributed by atoms with van der Waals surface area (Å²) in [5, 5.41) is 14.5. The van der Waals surface area contributed by atoms with Crippen LogP contribution in [0.4, 0.5) is 23.0 Å². The Kier molecular flexibility index (Phi) is 5.70. The highest BCUT2D eigenvalue weighted by Gasteiger charge is 2.23. The summed E-state index contributed by atoms with van der Waals surface area (Å²) in [6, 6.07) is 10.5. The number of nitrogens with zero attached hydrogens (tertiary/aromatic N) is 4. The topological polar surface area (TPSA) is 135 Å². The van der Waals surface area contributed by atoms with Gasteiger partial charge in [-0.25, -0.2) is 9.97 Å². The van der Waals surface area contributed by atoms with Gasteiger partial charge in [0.2, 0.25) is 11.6 Å². The van der Waals surface area contributed by atoms with Gasteiger partial charge in [0.25, 0.3) is 5.91 Å². The van der Waals surface area contributed by atoms with E-state index in [1.807, 2.05) is 31.2 Å². The zero-order chi connectivity index (χ0) is 19.9. The quantitative estimate of drug-likeness (QED) is 0.421. The third-order valence-corrected chi connectivity index (χ3v) is 3.87. The zero-order valence-electron chi connectivity index (χ0n) is 14.9. The van der Waals surface area contributed by atoms with E-state index in [1.165, 1.54) is 24.5 Å². The van der Waals surface area contributed by atoms with Gasteiger partial charge in [0, 0.05) is 23.6 Å². The number of hydrazine groups is 1. The highest BCUT2D eigenvalue weighted by Crippen LogP contribution is 2.30. The first-order chi connectivity index (χ1) is 13.6. The molecular weight excluding hydrogens is 362 g/mol. The number of hydrogen-bond donors (Lipinski definition) is 3. The van der Waals surface area contributed by atoms with Crippen LogP contribution in [-0.4, -0.2) is 25.8 Å². The fraction of sp³-hybridized carbons (Fsp3) is 0.111. The van der Waals surface area contributed by atoms with Gasteiger partial charge >= 0.3 is 5.69 Å². The third kappa shape index (κ3) is 4.36. The molecule has 10 heteroatoms. The first kappa shape index (κ1) is 18.7. The number of rotatable bonds is 7. The van der Waals surface area contributed by atoms with Gasteiger partial charge in [-0.15, -0.1) is 0 Å². The van der Waals surface area contributed by atoms with E-state index in [-0.39, 0.29) is 11.6 Å². The summed E-state index contributed by atoms with van der Waals surface area (Å²) < 4.78 is 0. The number of nitrogens with one attached hydrogen (secondary N) is 3. The van der Waals surface area contributed by atoms with Gasteiger partial charge in [-0.05, 0) is 36.2 Å². The molecule has 1 aromatic carbocycles. The second-order valence-electron chi connectivity index (χ2n) is 5.67. The molecule has 0 radical (unpaired) electrons. The van der Waals surface area contributed by atoms with Crippen LogP contribution in [0.25, 0.3) is 0 Å². The summed E-state index contributed by atoms with van der Waals surface area (Å²) in [5.74, 6) is -0.625. The van der Waals surface area contributed by atoms with Crippen molar-refractivity contribution >= 4 is 28.9 Å². The Hall–Kier alpha value is -4.08. The van der Waals surface area contributed by atoms with Crippen molar-refractivity contribution in [3.63, 3.8) is 0 Å². The van der Waals surface area contributed by atoms with E-state index >= 15 is 0 Å². The molecule has 0 fully saturated rings. The average Bonchev–Trinajstić information content (AvgIpc) is 2.73.